The van der Waals surface area contributed by atoms with E-state index in [-0.39, 0.29) is 19.2 Å². The van der Waals surface area contributed by atoms with Crippen molar-refractivity contribution in [3.8, 4) is 11.5 Å². The Morgan fingerprint density at radius 3 is 2.66 bits per heavy atom. The summed E-state index contributed by atoms with van der Waals surface area (Å²) < 4.78 is 18.1. The number of Topliss-reactive ketones (excluding diaryl/α,β-unsaturated/α-hetero) is 1. The van der Waals surface area contributed by atoms with Gasteiger partial charge in [0.05, 0.1) is 0 Å². The van der Waals surface area contributed by atoms with Crippen molar-refractivity contribution in [2.75, 3.05) is 13.4 Å². The molecule has 7 heteroatoms. The third-order valence-electron chi connectivity index (χ3n) is 4.92. The van der Waals surface area contributed by atoms with E-state index in [9.17, 15) is 9.59 Å². The van der Waals surface area contributed by atoms with Gasteiger partial charge in [-0.15, -0.1) is 11.3 Å². The van der Waals surface area contributed by atoms with Crippen molar-refractivity contribution in [1.29, 1.82) is 0 Å². The minimum absolute atomic E-state index is 0.211. The van der Waals surface area contributed by atoms with Crippen LogP contribution in [0, 0.1) is 20.8 Å². The van der Waals surface area contributed by atoms with Gasteiger partial charge in [0, 0.05) is 23.5 Å². The summed E-state index contributed by atoms with van der Waals surface area (Å²) in [6, 6.07) is 9.43. The fourth-order valence-electron chi connectivity index (χ4n) is 3.37. The van der Waals surface area contributed by atoms with Gasteiger partial charge in [0.25, 0.3) is 0 Å². The topological polar surface area (TPSA) is 66.8 Å². The summed E-state index contributed by atoms with van der Waals surface area (Å²) in [5, 5.41) is 1.88. The van der Waals surface area contributed by atoms with Crippen molar-refractivity contribution < 1.29 is 23.8 Å². The summed E-state index contributed by atoms with van der Waals surface area (Å²) in [6.07, 6.45) is 0. The van der Waals surface area contributed by atoms with Gasteiger partial charge in [0.15, 0.2) is 18.1 Å². The average Bonchev–Trinajstić information content (AvgIpc) is 3.41. The molecule has 4 rings (SSSR count). The number of ether oxygens (including phenoxy) is 3. The Kier molecular flexibility index (Phi) is 5.15. The Hall–Kier alpha value is -3.06. The van der Waals surface area contributed by atoms with Crippen LogP contribution in [0.3, 0.4) is 0 Å². The molecule has 0 radical (unpaired) electrons. The lowest BCUT2D eigenvalue weighted by Gasteiger charge is -2.11. The molecule has 0 bridgehead atoms. The molecule has 0 amide bonds. The van der Waals surface area contributed by atoms with E-state index in [0.717, 1.165) is 34.0 Å². The van der Waals surface area contributed by atoms with Crippen LogP contribution in [0.2, 0.25) is 0 Å². The molecule has 6 nitrogen and oxygen atoms in total. The lowest BCUT2D eigenvalue weighted by atomic mass is 10.1. The van der Waals surface area contributed by atoms with Gasteiger partial charge in [-0.1, -0.05) is 6.07 Å². The van der Waals surface area contributed by atoms with Crippen LogP contribution in [0.1, 0.15) is 42.5 Å². The van der Waals surface area contributed by atoms with Crippen molar-refractivity contribution in [1.82, 2.24) is 4.57 Å². The summed E-state index contributed by atoms with van der Waals surface area (Å²) in [6.45, 7) is 6.34. The molecule has 1 aliphatic rings. The average molecular weight is 411 g/mol. The van der Waals surface area contributed by atoms with E-state index in [4.69, 9.17) is 14.2 Å². The lowest BCUT2D eigenvalue weighted by Crippen LogP contribution is -2.14. The Morgan fingerprint density at radius 1 is 1.10 bits per heavy atom. The lowest BCUT2D eigenvalue weighted by molar-refractivity contribution is 0.0479. The number of carbonyl (C=O) groups excluding carboxylic acids is 2. The van der Waals surface area contributed by atoms with E-state index in [1.165, 1.54) is 11.3 Å². The smallest absolute Gasteiger partial charge is 0.348 e. The second-order valence-electron chi connectivity index (χ2n) is 7.05. The highest BCUT2D eigenvalue weighted by Crippen LogP contribution is 2.33. The monoisotopic (exact) mass is 411 g/mol. The minimum atomic E-state index is -0.467. The second-order valence-corrected chi connectivity index (χ2v) is 7.96. The maximum atomic E-state index is 12.7. The summed E-state index contributed by atoms with van der Waals surface area (Å²) >= 11 is 1.32. The predicted octanol–water partition coefficient (Wildman–Crippen LogP) is 4.29. The molecular formula is C22H21NO5S. The number of carbonyl (C=O) groups is 2. The first-order valence-corrected chi connectivity index (χ1v) is 10.1. The largest absolute Gasteiger partial charge is 0.454 e. The molecule has 1 aliphatic heterocycles. The van der Waals surface area contributed by atoms with Crippen LogP contribution < -0.4 is 9.47 Å². The molecule has 0 saturated carbocycles. The van der Waals surface area contributed by atoms with Crippen LogP contribution in [-0.4, -0.2) is 29.7 Å². The van der Waals surface area contributed by atoms with E-state index in [0.29, 0.717) is 17.0 Å². The van der Waals surface area contributed by atoms with E-state index in [2.05, 4.69) is 4.57 Å². The number of hydrogen-bond donors (Lipinski definition) is 0. The van der Waals surface area contributed by atoms with Gasteiger partial charge in [0.2, 0.25) is 12.6 Å². The van der Waals surface area contributed by atoms with Crippen molar-refractivity contribution >= 4 is 23.1 Å². The predicted molar refractivity (Wildman–Crippen MR) is 109 cm³/mol. The first-order valence-electron chi connectivity index (χ1n) is 9.23. The zero-order valence-corrected chi connectivity index (χ0v) is 17.3. The van der Waals surface area contributed by atoms with Gasteiger partial charge in [-0.3, -0.25) is 4.79 Å². The summed E-state index contributed by atoms with van der Waals surface area (Å²) in [5.41, 5.74) is 4.42. The number of ketones is 1. The van der Waals surface area contributed by atoms with Gasteiger partial charge >= 0.3 is 5.97 Å². The Morgan fingerprint density at radius 2 is 1.90 bits per heavy atom. The Bertz CT molecular complexity index is 1090. The molecule has 0 spiro atoms. The molecule has 3 heterocycles. The molecule has 1 aromatic carbocycles. The molecule has 150 valence electrons. The first-order chi connectivity index (χ1) is 13.9. The first kappa shape index (κ1) is 19.3. The standard InChI is InChI=1S/C22H21NO5S/c1-13-6-21(29-11-13)22(25)26-10-18(24)17-7-14(2)23(15(17)3)9-16-4-5-19-20(8-16)28-12-27-19/h4-8,11H,9-10,12H2,1-3H3. The van der Waals surface area contributed by atoms with Crippen LogP contribution >= 0.6 is 11.3 Å². The van der Waals surface area contributed by atoms with E-state index >= 15 is 0 Å². The van der Waals surface area contributed by atoms with Gasteiger partial charge in [-0.25, -0.2) is 4.79 Å². The van der Waals surface area contributed by atoms with E-state index in [1.54, 1.807) is 6.07 Å². The molecule has 0 unspecified atom stereocenters. The molecule has 0 N–H and O–H groups in total. The van der Waals surface area contributed by atoms with Crippen LogP contribution in [0.5, 0.6) is 11.5 Å². The number of thiophene rings is 1. The van der Waals surface area contributed by atoms with Crippen molar-refractivity contribution in [3.63, 3.8) is 0 Å². The van der Waals surface area contributed by atoms with Crippen LogP contribution in [0.4, 0.5) is 0 Å². The number of benzene rings is 1. The van der Waals surface area contributed by atoms with Crippen molar-refractivity contribution in [2.45, 2.75) is 27.3 Å². The number of esters is 1. The van der Waals surface area contributed by atoms with Gasteiger partial charge in [-0.05, 0) is 61.5 Å². The molecule has 2 aromatic heterocycles. The van der Waals surface area contributed by atoms with Crippen LogP contribution in [0.25, 0.3) is 0 Å². The molecule has 0 saturated heterocycles. The maximum Gasteiger partial charge on any atom is 0.348 e. The van der Waals surface area contributed by atoms with E-state index in [1.807, 2.05) is 50.4 Å². The van der Waals surface area contributed by atoms with Crippen LogP contribution in [-0.2, 0) is 11.3 Å². The Balaban J connectivity index is 1.46. The zero-order valence-electron chi connectivity index (χ0n) is 16.5. The zero-order chi connectivity index (χ0) is 20.5. The highest BCUT2D eigenvalue weighted by atomic mass is 32.1. The SMILES string of the molecule is Cc1csc(C(=O)OCC(=O)c2cc(C)n(Cc3ccc4c(c3)OCO4)c2C)c1. The highest BCUT2D eigenvalue weighted by molar-refractivity contribution is 7.12. The summed E-state index contributed by atoms with van der Waals surface area (Å²) in [7, 11) is 0. The fourth-order valence-corrected chi connectivity index (χ4v) is 4.16. The third kappa shape index (κ3) is 3.91. The molecule has 3 aromatic rings. The normalized spacial score (nSPS) is 12.2. The second kappa shape index (κ2) is 7.75. The number of nitrogens with zero attached hydrogens (tertiary/aromatic N) is 1. The number of aromatic nitrogens is 1. The minimum Gasteiger partial charge on any atom is -0.454 e. The summed E-state index contributed by atoms with van der Waals surface area (Å²) in [4.78, 5) is 25.3. The summed E-state index contributed by atoms with van der Waals surface area (Å²) in [5.74, 6) is 0.799. The molecule has 0 atom stereocenters. The number of aryl methyl sites for hydroxylation is 2. The maximum absolute atomic E-state index is 12.7. The molecule has 0 aliphatic carbocycles. The fraction of sp³-hybridized carbons (Fsp3) is 0.273. The number of rotatable bonds is 6. The van der Waals surface area contributed by atoms with E-state index < -0.39 is 5.97 Å². The van der Waals surface area contributed by atoms with Gasteiger partial charge < -0.3 is 18.8 Å². The highest BCUT2D eigenvalue weighted by Gasteiger charge is 2.19. The number of hydrogen-bond acceptors (Lipinski definition) is 6. The quantitative estimate of drug-likeness (QED) is 0.447. The molecule has 29 heavy (non-hydrogen) atoms. The van der Waals surface area contributed by atoms with Crippen molar-refractivity contribution in [2.24, 2.45) is 0 Å². The Labute approximate surface area is 172 Å². The third-order valence-corrected chi connectivity index (χ3v) is 5.95. The molecular weight excluding hydrogens is 390 g/mol. The molecule has 0 fully saturated rings. The van der Waals surface area contributed by atoms with Gasteiger partial charge in [0.1, 0.15) is 4.88 Å². The van der Waals surface area contributed by atoms with Crippen LogP contribution in [0.15, 0.2) is 35.7 Å². The van der Waals surface area contributed by atoms with Gasteiger partial charge in [-0.2, -0.15) is 0 Å². The number of fused-ring (bicyclic) bond motifs is 1. The van der Waals surface area contributed by atoms with Crippen molar-refractivity contribution in [3.05, 3.63) is 68.7 Å².